The average Bonchev–Trinajstić information content (AvgIpc) is 2.85. The van der Waals surface area contributed by atoms with E-state index < -0.39 is 0 Å². The molecular weight excluding hydrogens is 218 g/mol. The number of rotatable bonds is 1. The summed E-state index contributed by atoms with van der Waals surface area (Å²) in [6, 6.07) is 0. The summed E-state index contributed by atoms with van der Waals surface area (Å²) >= 11 is 0. The van der Waals surface area contributed by atoms with E-state index in [1.54, 1.807) is 15.6 Å². The van der Waals surface area contributed by atoms with E-state index >= 15 is 0 Å². The lowest BCUT2D eigenvalue weighted by atomic mass is 10.2. The fourth-order valence-corrected chi connectivity index (χ4v) is 1.85. The summed E-state index contributed by atoms with van der Waals surface area (Å²) in [5.41, 5.74) is 8.26. The van der Waals surface area contributed by atoms with Gasteiger partial charge in [0.25, 0.3) is 0 Å². The van der Waals surface area contributed by atoms with Crippen molar-refractivity contribution in [3.63, 3.8) is 0 Å². The van der Waals surface area contributed by atoms with E-state index in [1.165, 1.54) is 6.33 Å². The molecule has 86 valence electrons. The van der Waals surface area contributed by atoms with Crippen molar-refractivity contribution in [2.75, 3.05) is 5.73 Å². The zero-order valence-corrected chi connectivity index (χ0v) is 9.49. The van der Waals surface area contributed by atoms with Crippen LogP contribution in [0, 0.1) is 0 Å². The van der Waals surface area contributed by atoms with Gasteiger partial charge in [-0.2, -0.15) is 10.2 Å². The molecule has 0 saturated carbocycles. The Labute approximate surface area is 96.9 Å². The first-order valence-electron chi connectivity index (χ1n) is 5.09. The molecule has 3 heterocycles. The third kappa shape index (κ3) is 1.36. The van der Waals surface area contributed by atoms with Crippen molar-refractivity contribution in [3.05, 3.63) is 18.7 Å². The van der Waals surface area contributed by atoms with Gasteiger partial charge in [0.05, 0.1) is 11.6 Å². The van der Waals surface area contributed by atoms with Gasteiger partial charge < -0.3 is 5.73 Å². The molecule has 0 aliphatic carbocycles. The molecule has 3 rings (SSSR count). The van der Waals surface area contributed by atoms with E-state index in [9.17, 15) is 0 Å². The third-order valence-corrected chi connectivity index (χ3v) is 2.63. The van der Waals surface area contributed by atoms with Crippen LogP contribution >= 0.6 is 0 Å². The minimum atomic E-state index is 0.432. The van der Waals surface area contributed by atoms with E-state index in [2.05, 4.69) is 20.2 Å². The van der Waals surface area contributed by atoms with Crippen LogP contribution in [0.25, 0.3) is 22.3 Å². The minimum absolute atomic E-state index is 0.432. The Morgan fingerprint density at radius 2 is 2.06 bits per heavy atom. The topological polar surface area (TPSA) is 87.4 Å². The Kier molecular flexibility index (Phi) is 1.88. The molecule has 0 fully saturated rings. The van der Waals surface area contributed by atoms with Crippen LogP contribution in [0.1, 0.15) is 0 Å². The van der Waals surface area contributed by atoms with Gasteiger partial charge in [0.2, 0.25) is 0 Å². The zero-order valence-electron chi connectivity index (χ0n) is 9.49. The van der Waals surface area contributed by atoms with Crippen LogP contribution in [-0.2, 0) is 14.1 Å². The van der Waals surface area contributed by atoms with Crippen LogP contribution in [-0.4, -0.2) is 29.5 Å². The van der Waals surface area contributed by atoms with Gasteiger partial charge in [-0.15, -0.1) is 0 Å². The maximum atomic E-state index is 5.88. The van der Waals surface area contributed by atoms with Crippen molar-refractivity contribution >= 4 is 16.9 Å². The van der Waals surface area contributed by atoms with Gasteiger partial charge in [0.1, 0.15) is 17.8 Å². The van der Waals surface area contributed by atoms with Crippen molar-refractivity contribution in [2.45, 2.75) is 0 Å². The predicted molar refractivity (Wildman–Crippen MR) is 62.9 cm³/mol. The second kappa shape index (κ2) is 3.27. The van der Waals surface area contributed by atoms with Crippen LogP contribution in [0.15, 0.2) is 18.7 Å². The molecule has 3 aromatic rings. The number of aryl methyl sites for hydroxylation is 2. The van der Waals surface area contributed by atoms with Crippen molar-refractivity contribution in [1.82, 2.24) is 29.5 Å². The Hall–Kier alpha value is -2.44. The van der Waals surface area contributed by atoms with Gasteiger partial charge in [-0.05, 0) is 0 Å². The van der Waals surface area contributed by atoms with Gasteiger partial charge in [-0.25, -0.2) is 14.6 Å². The number of aromatic nitrogens is 6. The van der Waals surface area contributed by atoms with Gasteiger partial charge in [0.15, 0.2) is 5.65 Å². The molecule has 0 radical (unpaired) electrons. The number of anilines is 1. The number of nitrogen functional groups attached to an aromatic ring is 1. The van der Waals surface area contributed by atoms with Crippen LogP contribution in [0.3, 0.4) is 0 Å². The van der Waals surface area contributed by atoms with E-state index in [4.69, 9.17) is 5.73 Å². The first-order valence-corrected chi connectivity index (χ1v) is 5.09. The number of nitrogens with two attached hydrogens (primary N) is 1. The standard InChI is InChI=1S/C10H11N7/c1-16-4-6(3-14-16)8-7-9(11)12-5-13-10(7)17(2)15-8/h3-5H,1-2H3,(H2,11,12,13). The molecule has 0 aliphatic rings. The van der Waals surface area contributed by atoms with Gasteiger partial charge in [0, 0.05) is 25.9 Å². The predicted octanol–water partition coefficient (Wildman–Crippen LogP) is 0.346. The summed E-state index contributed by atoms with van der Waals surface area (Å²) in [6.45, 7) is 0. The molecule has 0 aliphatic heterocycles. The molecule has 0 bridgehead atoms. The number of hydrogen-bond donors (Lipinski definition) is 1. The van der Waals surface area contributed by atoms with E-state index in [-0.39, 0.29) is 0 Å². The Morgan fingerprint density at radius 3 is 2.76 bits per heavy atom. The lowest BCUT2D eigenvalue weighted by molar-refractivity contribution is 0.767. The SMILES string of the molecule is Cn1cc(-c2nn(C)c3ncnc(N)c23)cn1. The van der Waals surface area contributed by atoms with E-state index in [1.807, 2.05) is 20.3 Å². The number of nitrogens with zero attached hydrogens (tertiary/aromatic N) is 6. The highest BCUT2D eigenvalue weighted by atomic mass is 15.3. The fraction of sp³-hybridized carbons (Fsp3) is 0.200. The molecule has 17 heavy (non-hydrogen) atoms. The molecule has 0 atom stereocenters. The lowest BCUT2D eigenvalue weighted by Gasteiger charge is -1.95. The van der Waals surface area contributed by atoms with E-state index in [0.717, 1.165) is 22.3 Å². The highest BCUT2D eigenvalue weighted by Gasteiger charge is 2.15. The van der Waals surface area contributed by atoms with Crippen LogP contribution in [0.2, 0.25) is 0 Å². The quantitative estimate of drug-likeness (QED) is 0.650. The lowest BCUT2D eigenvalue weighted by Crippen LogP contribution is -1.95. The average molecular weight is 229 g/mol. The first kappa shape index (κ1) is 9.76. The third-order valence-electron chi connectivity index (χ3n) is 2.63. The summed E-state index contributed by atoms with van der Waals surface area (Å²) < 4.78 is 3.41. The van der Waals surface area contributed by atoms with Crippen LogP contribution < -0.4 is 5.73 Å². The van der Waals surface area contributed by atoms with Crippen molar-refractivity contribution in [1.29, 1.82) is 0 Å². The highest BCUT2D eigenvalue weighted by molar-refractivity contribution is 5.97. The molecule has 7 heteroatoms. The minimum Gasteiger partial charge on any atom is -0.383 e. The van der Waals surface area contributed by atoms with Gasteiger partial charge in [-0.3, -0.25) is 4.68 Å². The van der Waals surface area contributed by atoms with Crippen molar-refractivity contribution < 1.29 is 0 Å². The number of hydrogen-bond acceptors (Lipinski definition) is 5. The summed E-state index contributed by atoms with van der Waals surface area (Å²) in [4.78, 5) is 8.18. The molecule has 7 nitrogen and oxygen atoms in total. The second-order valence-electron chi connectivity index (χ2n) is 3.83. The van der Waals surface area contributed by atoms with Gasteiger partial charge in [-0.1, -0.05) is 0 Å². The van der Waals surface area contributed by atoms with Crippen LogP contribution in [0.5, 0.6) is 0 Å². The maximum absolute atomic E-state index is 5.88. The molecule has 0 saturated heterocycles. The largest absolute Gasteiger partial charge is 0.383 e. The molecule has 0 aromatic carbocycles. The second-order valence-corrected chi connectivity index (χ2v) is 3.83. The summed E-state index contributed by atoms with van der Waals surface area (Å²) in [5.74, 6) is 0.432. The maximum Gasteiger partial charge on any atom is 0.163 e. The zero-order chi connectivity index (χ0) is 12.0. The van der Waals surface area contributed by atoms with E-state index in [0.29, 0.717) is 5.82 Å². The smallest absolute Gasteiger partial charge is 0.163 e. The normalized spacial score (nSPS) is 11.2. The summed E-state index contributed by atoms with van der Waals surface area (Å²) in [5, 5.41) is 9.31. The molecule has 3 aromatic heterocycles. The molecule has 0 amide bonds. The summed E-state index contributed by atoms with van der Waals surface area (Å²) in [6.07, 6.45) is 5.06. The monoisotopic (exact) mass is 229 g/mol. The molecule has 2 N–H and O–H groups in total. The Bertz CT molecular complexity index is 694. The summed E-state index contributed by atoms with van der Waals surface area (Å²) in [7, 11) is 3.68. The van der Waals surface area contributed by atoms with Gasteiger partial charge >= 0.3 is 0 Å². The van der Waals surface area contributed by atoms with Crippen molar-refractivity contribution in [3.8, 4) is 11.3 Å². The van der Waals surface area contributed by atoms with Crippen molar-refractivity contribution in [2.24, 2.45) is 14.1 Å². The molecular formula is C10H11N7. The Morgan fingerprint density at radius 1 is 1.24 bits per heavy atom. The Balaban J connectivity index is 2.37. The fourth-order valence-electron chi connectivity index (χ4n) is 1.85. The first-order chi connectivity index (χ1) is 8.16. The molecule has 0 spiro atoms. The number of fused-ring (bicyclic) bond motifs is 1. The highest BCUT2D eigenvalue weighted by Crippen LogP contribution is 2.28. The van der Waals surface area contributed by atoms with Crippen LogP contribution in [0.4, 0.5) is 5.82 Å². The molecule has 0 unspecified atom stereocenters.